The molecule has 5 rings (SSSR count). The monoisotopic (exact) mass is 425 g/mol. The highest BCUT2D eigenvalue weighted by Crippen LogP contribution is 2.37. The fraction of sp³-hybridized carbons (Fsp3) is 0.190. The van der Waals surface area contributed by atoms with Gasteiger partial charge < -0.3 is 19.4 Å². The molecule has 3 heterocycles. The first-order valence-electron chi connectivity index (χ1n) is 9.39. The van der Waals surface area contributed by atoms with E-state index in [4.69, 9.17) is 9.47 Å². The highest BCUT2D eigenvalue weighted by Gasteiger charge is 2.31. The van der Waals surface area contributed by atoms with Gasteiger partial charge in [-0.3, -0.25) is 9.52 Å². The third-order valence-corrected chi connectivity index (χ3v) is 6.52. The van der Waals surface area contributed by atoms with Crippen molar-refractivity contribution < 1.29 is 17.9 Å². The van der Waals surface area contributed by atoms with E-state index in [1.807, 2.05) is 19.1 Å². The van der Waals surface area contributed by atoms with Crippen molar-refractivity contribution in [3.8, 4) is 0 Å². The molecule has 0 radical (unpaired) electrons. The third-order valence-electron chi connectivity index (χ3n) is 5.14. The fourth-order valence-corrected chi connectivity index (χ4v) is 4.71. The molecule has 0 saturated carbocycles. The second-order valence-corrected chi connectivity index (χ2v) is 8.98. The van der Waals surface area contributed by atoms with E-state index in [9.17, 15) is 13.2 Å². The lowest BCUT2D eigenvalue weighted by Gasteiger charge is -2.33. The maximum Gasteiger partial charge on any atom is 0.272 e. The van der Waals surface area contributed by atoms with Gasteiger partial charge in [0.05, 0.1) is 4.90 Å². The summed E-state index contributed by atoms with van der Waals surface area (Å²) in [6.07, 6.45) is 0.717. The number of benzene rings is 2. The van der Waals surface area contributed by atoms with Gasteiger partial charge in [0, 0.05) is 33.7 Å². The zero-order valence-electron chi connectivity index (χ0n) is 16.2. The second-order valence-electron chi connectivity index (χ2n) is 7.30. The zero-order valence-corrected chi connectivity index (χ0v) is 17.0. The molecule has 1 aliphatic heterocycles. The summed E-state index contributed by atoms with van der Waals surface area (Å²) >= 11 is 0. The Hall–Kier alpha value is -3.14. The number of aromatic nitrogens is 2. The lowest BCUT2D eigenvalue weighted by Crippen LogP contribution is -2.31. The lowest BCUT2D eigenvalue weighted by molar-refractivity contribution is -0.382. The quantitative estimate of drug-likeness (QED) is 0.463. The number of sulfonamides is 1. The topological polar surface area (TPSA) is 113 Å². The van der Waals surface area contributed by atoms with Crippen molar-refractivity contribution in [2.75, 3.05) is 4.72 Å². The number of fused-ring (bicyclic) bond motifs is 3. The molecule has 8 nitrogen and oxygen atoms in total. The van der Waals surface area contributed by atoms with Gasteiger partial charge in [-0.2, -0.15) is 0 Å². The van der Waals surface area contributed by atoms with Crippen LogP contribution in [0, 0.1) is 6.92 Å². The Kier molecular flexibility index (Phi) is 4.21. The van der Waals surface area contributed by atoms with Gasteiger partial charge in [-0.15, -0.1) is 0 Å². The molecule has 30 heavy (non-hydrogen) atoms. The lowest BCUT2D eigenvalue weighted by atomic mass is 10.1. The molecule has 9 heteroatoms. The number of pyridine rings is 1. The molecule has 1 fully saturated rings. The number of hydrogen-bond acceptors (Lipinski definition) is 5. The molecule has 1 saturated heterocycles. The van der Waals surface area contributed by atoms with E-state index in [0.29, 0.717) is 33.1 Å². The maximum absolute atomic E-state index is 13.0. The molecule has 3 N–H and O–H groups in total. The summed E-state index contributed by atoms with van der Waals surface area (Å²) in [7, 11) is -3.83. The Balaban J connectivity index is 1.65. The minimum absolute atomic E-state index is 0.0832. The molecule has 0 atom stereocenters. The van der Waals surface area contributed by atoms with E-state index in [2.05, 4.69) is 14.7 Å². The summed E-state index contributed by atoms with van der Waals surface area (Å²) in [6.45, 7) is 3.70. The number of aromatic amines is 2. The predicted molar refractivity (Wildman–Crippen MR) is 113 cm³/mol. The molecule has 0 amide bonds. The molecule has 0 unspecified atom stereocenters. The Morgan fingerprint density at radius 3 is 2.50 bits per heavy atom. The smallest absolute Gasteiger partial charge is 0.272 e. The van der Waals surface area contributed by atoms with Gasteiger partial charge in [0.1, 0.15) is 5.52 Å². The molecular weight excluding hydrogens is 406 g/mol. The average Bonchev–Trinajstić information content (AvgIpc) is 3.12. The zero-order chi connectivity index (χ0) is 21.0. The van der Waals surface area contributed by atoms with Crippen molar-refractivity contribution in [2.45, 2.75) is 31.3 Å². The summed E-state index contributed by atoms with van der Waals surface area (Å²) in [5.41, 5.74) is 2.72. The van der Waals surface area contributed by atoms with Crippen LogP contribution >= 0.6 is 0 Å². The molecule has 154 valence electrons. The van der Waals surface area contributed by atoms with E-state index in [-0.39, 0.29) is 16.7 Å². The number of anilines is 1. The Morgan fingerprint density at radius 2 is 1.80 bits per heavy atom. The predicted octanol–water partition coefficient (Wildman–Crippen LogP) is 3.51. The molecule has 0 bridgehead atoms. The van der Waals surface area contributed by atoms with Gasteiger partial charge in [-0.05, 0) is 44.2 Å². The van der Waals surface area contributed by atoms with Crippen LogP contribution in [0.15, 0.2) is 58.4 Å². The van der Waals surface area contributed by atoms with E-state index in [1.54, 1.807) is 37.4 Å². The number of aryl methyl sites for hydroxylation is 1. The molecule has 0 aliphatic carbocycles. The normalized spacial score (nSPS) is 19.1. The number of H-pyrrole nitrogens is 2. The minimum atomic E-state index is -3.83. The largest absolute Gasteiger partial charge is 0.356 e. The van der Waals surface area contributed by atoms with Crippen LogP contribution in [-0.2, 0) is 19.5 Å². The Labute approximate surface area is 171 Å². The Bertz CT molecular complexity index is 1430. The van der Waals surface area contributed by atoms with Gasteiger partial charge in [-0.1, -0.05) is 17.7 Å². The standard InChI is InChI=1S/C21H19N3O5S/c1-11-3-5-13(6-4-11)24-30(26,27)14-7-8-17-15(9-14)18-16(21-28-12(2)29-21)10-22-19(18)20(25)23-17/h3-10,12,21-22,24H,1-2H3,(H,23,25). The van der Waals surface area contributed by atoms with Gasteiger partial charge in [0.25, 0.3) is 15.6 Å². The molecule has 4 aromatic rings. The summed E-state index contributed by atoms with van der Waals surface area (Å²) in [6, 6.07) is 11.7. The van der Waals surface area contributed by atoms with Crippen LogP contribution in [0.25, 0.3) is 21.8 Å². The van der Waals surface area contributed by atoms with Gasteiger partial charge >= 0.3 is 0 Å². The van der Waals surface area contributed by atoms with Crippen LogP contribution in [-0.4, -0.2) is 24.7 Å². The summed E-state index contributed by atoms with van der Waals surface area (Å²) < 4.78 is 39.7. The van der Waals surface area contributed by atoms with E-state index in [1.165, 1.54) is 6.07 Å². The summed E-state index contributed by atoms with van der Waals surface area (Å²) in [4.78, 5) is 18.3. The van der Waals surface area contributed by atoms with Crippen LogP contribution in [0.5, 0.6) is 0 Å². The molecule has 2 aromatic carbocycles. The van der Waals surface area contributed by atoms with E-state index < -0.39 is 16.3 Å². The Morgan fingerprint density at radius 1 is 1.07 bits per heavy atom. The van der Waals surface area contributed by atoms with Crippen molar-refractivity contribution in [1.82, 2.24) is 9.97 Å². The van der Waals surface area contributed by atoms with Crippen molar-refractivity contribution in [3.63, 3.8) is 0 Å². The van der Waals surface area contributed by atoms with E-state index in [0.717, 1.165) is 5.56 Å². The highest BCUT2D eigenvalue weighted by atomic mass is 32.2. The van der Waals surface area contributed by atoms with Crippen LogP contribution in [0.4, 0.5) is 5.69 Å². The van der Waals surface area contributed by atoms with Gasteiger partial charge in [-0.25, -0.2) is 8.42 Å². The van der Waals surface area contributed by atoms with Crippen LogP contribution in [0.3, 0.4) is 0 Å². The summed E-state index contributed by atoms with van der Waals surface area (Å²) in [5.74, 6) is 0. The number of rotatable bonds is 4. The van der Waals surface area contributed by atoms with E-state index >= 15 is 0 Å². The second kappa shape index (κ2) is 6.69. The highest BCUT2D eigenvalue weighted by molar-refractivity contribution is 7.92. The third kappa shape index (κ3) is 3.07. The first-order valence-corrected chi connectivity index (χ1v) is 10.9. The first kappa shape index (κ1) is 18.9. The van der Waals surface area contributed by atoms with Crippen molar-refractivity contribution >= 4 is 37.5 Å². The van der Waals surface area contributed by atoms with Crippen LogP contribution < -0.4 is 10.3 Å². The maximum atomic E-state index is 13.0. The molecular formula is C21H19N3O5S. The van der Waals surface area contributed by atoms with Crippen LogP contribution in [0.1, 0.15) is 24.3 Å². The van der Waals surface area contributed by atoms with Gasteiger partial charge in [0.15, 0.2) is 12.6 Å². The number of nitrogens with one attached hydrogen (secondary N) is 3. The van der Waals surface area contributed by atoms with Gasteiger partial charge in [0.2, 0.25) is 0 Å². The first-order chi connectivity index (χ1) is 14.3. The number of ether oxygens (including phenoxy) is 2. The van der Waals surface area contributed by atoms with Crippen molar-refractivity contribution in [2.24, 2.45) is 0 Å². The van der Waals surface area contributed by atoms with Crippen molar-refractivity contribution in [1.29, 1.82) is 0 Å². The summed E-state index contributed by atoms with van der Waals surface area (Å²) in [5, 5.41) is 1.16. The minimum Gasteiger partial charge on any atom is -0.356 e. The van der Waals surface area contributed by atoms with Crippen molar-refractivity contribution in [3.05, 3.63) is 70.1 Å². The molecule has 2 aromatic heterocycles. The van der Waals surface area contributed by atoms with Crippen LogP contribution in [0.2, 0.25) is 0 Å². The number of hydrogen-bond donors (Lipinski definition) is 3. The fourth-order valence-electron chi connectivity index (χ4n) is 3.63. The molecule has 0 spiro atoms. The average molecular weight is 425 g/mol. The molecule has 1 aliphatic rings. The SMILES string of the molecule is Cc1ccc(NS(=O)(=O)c2ccc3[nH]c(=O)c4[nH]cc(C5OC(C)O5)c4c3c2)cc1.